The van der Waals surface area contributed by atoms with Crippen molar-refractivity contribution in [2.45, 2.75) is 12.8 Å². The lowest BCUT2D eigenvalue weighted by Crippen LogP contribution is -2.19. The minimum absolute atomic E-state index is 0.200. The van der Waals surface area contributed by atoms with E-state index in [1.165, 1.54) is 0 Å². The van der Waals surface area contributed by atoms with E-state index in [-0.39, 0.29) is 12.5 Å². The van der Waals surface area contributed by atoms with Crippen molar-refractivity contribution in [2.24, 2.45) is 5.92 Å². The quantitative estimate of drug-likeness (QED) is 0.584. The fourth-order valence-corrected chi connectivity index (χ4v) is 1.33. The van der Waals surface area contributed by atoms with Crippen molar-refractivity contribution in [3.63, 3.8) is 0 Å². The van der Waals surface area contributed by atoms with Crippen molar-refractivity contribution in [3.8, 4) is 0 Å². The van der Waals surface area contributed by atoms with Crippen molar-refractivity contribution in [1.29, 1.82) is 0 Å². The monoisotopic (exact) mass is 143 g/mol. The minimum atomic E-state index is 0.200. The van der Waals surface area contributed by atoms with Crippen molar-refractivity contribution in [3.05, 3.63) is 0 Å². The molecule has 1 atom stereocenters. The zero-order valence-corrected chi connectivity index (χ0v) is 6.21. The van der Waals surface area contributed by atoms with Crippen LogP contribution in [0.15, 0.2) is 0 Å². The summed E-state index contributed by atoms with van der Waals surface area (Å²) in [6, 6.07) is 0. The smallest absolute Gasteiger partial charge is 0.222 e. The Morgan fingerprint density at radius 2 is 2.50 bits per heavy atom. The molecule has 0 bridgehead atoms. The summed E-state index contributed by atoms with van der Waals surface area (Å²) < 4.78 is 0. The van der Waals surface area contributed by atoms with Crippen LogP contribution in [0.5, 0.6) is 0 Å². The van der Waals surface area contributed by atoms with Crippen molar-refractivity contribution in [1.82, 2.24) is 4.90 Å². The molecule has 0 aromatic rings. The molecule has 0 spiro atoms. The molecule has 0 aliphatic carbocycles. The van der Waals surface area contributed by atoms with Gasteiger partial charge < -0.3 is 10.0 Å². The Labute approximate surface area is 60.6 Å². The van der Waals surface area contributed by atoms with Crippen LogP contribution in [0, 0.1) is 5.92 Å². The lowest BCUT2D eigenvalue weighted by Gasteiger charge is -2.07. The van der Waals surface area contributed by atoms with Gasteiger partial charge in [-0.3, -0.25) is 4.79 Å². The van der Waals surface area contributed by atoms with Crippen molar-refractivity contribution in [2.75, 3.05) is 20.2 Å². The Balaban J connectivity index is 2.34. The SMILES string of the molecule is CN1CC(CCO)CC1=O. The van der Waals surface area contributed by atoms with E-state index >= 15 is 0 Å². The van der Waals surface area contributed by atoms with E-state index in [1.807, 2.05) is 0 Å². The number of rotatable bonds is 2. The first kappa shape index (κ1) is 7.54. The van der Waals surface area contributed by atoms with Gasteiger partial charge in [0.15, 0.2) is 0 Å². The van der Waals surface area contributed by atoms with Crippen LogP contribution in [0.1, 0.15) is 12.8 Å². The van der Waals surface area contributed by atoms with Gasteiger partial charge in [0.1, 0.15) is 0 Å². The van der Waals surface area contributed by atoms with Gasteiger partial charge in [-0.25, -0.2) is 0 Å². The molecule has 1 heterocycles. The highest BCUT2D eigenvalue weighted by molar-refractivity contribution is 5.78. The fraction of sp³-hybridized carbons (Fsp3) is 0.857. The largest absolute Gasteiger partial charge is 0.396 e. The molecule has 1 saturated heterocycles. The number of carbonyl (C=O) groups is 1. The molecule has 1 aliphatic heterocycles. The topological polar surface area (TPSA) is 40.5 Å². The molecule has 1 N–H and O–H groups in total. The summed E-state index contributed by atoms with van der Waals surface area (Å²) >= 11 is 0. The van der Waals surface area contributed by atoms with Gasteiger partial charge in [-0.1, -0.05) is 0 Å². The van der Waals surface area contributed by atoms with Crippen LogP contribution in [-0.2, 0) is 4.79 Å². The van der Waals surface area contributed by atoms with Gasteiger partial charge in [0.25, 0.3) is 0 Å². The van der Waals surface area contributed by atoms with Crippen LogP contribution >= 0.6 is 0 Å². The van der Waals surface area contributed by atoms with Crippen molar-refractivity contribution < 1.29 is 9.90 Å². The third-order valence-corrected chi connectivity index (χ3v) is 1.96. The Morgan fingerprint density at radius 1 is 1.80 bits per heavy atom. The van der Waals surface area contributed by atoms with Gasteiger partial charge in [-0.05, 0) is 12.3 Å². The summed E-state index contributed by atoms with van der Waals surface area (Å²) in [6.45, 7) is 1.02. The predicted molar refractivity (Wildman–Crippen MR) is 37.4 cm³/mol. The third-order valence-electron chi connectivity index (χ3n) is 1.96. The molecule has 3 nitrogen and oxygen atoms in total. The average Bonchev–Trinajstić information content (AvgIpc) is 2.14. The van der Waals surface area contributed by atoms with E-state index in [2.05, 4.69) is 0 Å². The normalized spacial score (nSPS) is 26.0. The number of carbonyl (C=O) groups excluding carboxylic acids is 1. The van der Waals surface area contributed by atoms with Crippen LogP contribution < -0.4 is 0 Å². The van der Waals surface area contributed by atoms with Gasteiger partial charge in [-0.15, -0.1) is 0 Å². The highest BCUT2D eigenvalue weighted by atomic mass is 16.3. The zero-order valence-electron chi connectivity index (χ0n) is 6.21. The number of amides is 1. The average molecular weight is 143 g/mol. The first-order valence-corrected chi connectivity index (χ1v) is 3.59. The number of nitrogens with zero attached hydrogens (tertiary/aromatic N) is 1. The van der Waals surface area contributed by atoms with Crippen molar-refractivity contribution >= 4 is 5.91 Å². The molecule has 1 aliphatic rings. The minimum Gasteiger partial charge on any atom is -0.396 e. The number of aliphatic hydroxyl groups excluding tert-OH is 1. The summed E-state index contributed by atoms with van der Waals surface area (Å²) in [5, 5.41) is 8.57. The summed E-state index contributed by atoms with van der Waals surface area (Å²) in [6.07, 6.45) is 1.38. The standard InChI is InChI=1S/C7H13NO2/c1-8-5-6(2-3-9)4-7(8)10/h6,9H,2-5H2,1H3. The lowest BCUT2D eigenvalue weighted by molar-refractivity contribution is -0.126. The Morgan fingerprint density at radius 3 is 2.90 bits per heavy atom. The number of aliphatic hydroxyl groups is 1. The van der Waals surface area contributed by atoms with E-state index in [1.54, 1.807) is 11.9 Å². The van der Waals surface area contributed by atoms with E-state index in [9.17, 15) is 4.79 Å². The highest BCUT2D eigenvalue weighted by Crippen LogP contribution is 2.18. The Bertz CT molecular complexity index is 136. The van der Waals surface area contributed by atoms with E-state index in [4.69, 9.17) is 5.11 Å². The summed E-state index contributed by atoms with van der Waals surface area (Å²) in [5.74, 6) is 0.598. The Hall–Kier alpha value is -0.570. The van der Waals surface area contributed by atoms with E-state index < -0.39 is 0 Å². The van der Waals surface area contributed by atoms with Gasteiger partial charge >= 0.3 is 0 Å². The molecule has 3 heteroatoms. The van der Waals surface area contributed by atoms with Gasteiger partial charge in [0.2, 0.25) is 5.91 Å². The molecule has 10 heavy (non-hydrogen) atoms. The Kier molecular flexibility index (Phi) is 2.27. The van der Waals surface area contributed by atoms with Crippen LogP contribution in [0.3, 0.4) is 0 Å². The summed E-state index contributed by atoms with van der Waals surface area (Å²) in [4.78, 5) is 12.6. The van der Waals surface area contributed by atoms with Crippen LogP contribution in [0.25, 0.3) is 0 Å². The molecular weight excluding hydrogens is 130 g/mol. The highest BCUT2D eigenvalue weighted by Gasteiger charge is 2.25. The molecule has 0 radical (unpaired) electrons. The molecule has 0 aromatic heterocycles. The molecule has 1 fully saturated rings. The number of hydrogen-bond acceptors (Lipinski definition) is 2. The number of likely N-dealkylation sites (tertiary alicyclic amines) is 1. The van der Waals surface area contributed by atoms with Gasteiger partial charge in [-0.2, -0.15) is 0 Å². The summed E-state index contributed by atoms with van der Waals surface area (Å²) in [7, 11) is 1.81. The first-order valence-electron chi connectivity index (χ1n) is 3.59. The molecule has 58 valence electrons. The van der Waals surface area contributed by atoms with Crippen LogP contribution in [0.4, 0.5) is 0 Å². The number of hydrogen-bond donors (Lipinski definition) is 1. The molecule has 0 saturated carbocycles. The van der Waals surface area contributed by atoms with E-state index in [0.717, 1.165) is 13.0 Å². The predicted octanol–water partition coefficient (Wildman–Crippen LogP) is -0.153. The van der Waals surface area contributed by atoms with Crippen LogP contribution in [0.2, 0.25) is 0 Å². The third kappa shape index (κ3) is 1.48. The van der Waals surface area contributed by atoms with Gasteiger partial charge in [0.05, 0.1) is 0 Å². The second-order valence-electron chi connectivity index (χ2n) is 2.86. The molecule has 1 rings (SSSR count). The summed E-state index contributed by atoms with van der Waals surface area (Å²) in [5.41, 5.74) is 0. The molecule has 0 aromatic carbocycles. The fourth-order valence-electron chi connectivity index (χ4n) is 1.33. The first-order chi connectivity index (χ1) is 4.74. The molecule has 1 unspecified atom stereocenters. The second-order valence-corrected chi connectivity index (χ2v) is 2.86. The van der Waals surface area contributed by atoms with E-state index in [0.29, 0.717) is 12.3 Å². The lowest BCUT2D eigenvalue weighted by atomic mass is 10.1. The maximum Gasteiger partial charge on any atom is 0.222 e. The zero-order chi connectivity index (χ0) is 7.56. The molecule has 1 amide bonds. The second kappa shape index (κ2) is 3.01. The molecular formula is C7H13NO2. The van der Waals surface area contributed by atoms with Crippen LogP contribution in [-0.4, -0.2) is 36.1 Å². The maximum absolute atomic E-state index is 10.9. The maximum atomic E-state index is 10.9. The van der Waals surface area contributed by atoms with Gasteiger partial charge in [0, 0.05) is 26.6 Å².